The summed E-state index contributed by atoms with van der Waals surface area (Å²) in [6.45, 7) is 0. The fourth-order valence-corrected chi connectivity index (χ4v) is 1.70. The number of hydrogen-bond donors (Lipinski definition) is 3. The predicted octanol–water partition coefficient (Wildman–Crippen LogP) is 0.551. The Morgan fingerprint density at radius 1 is 1.04 bits per heavy atom. The number of nitro benzene ring substituents is 2. The van der Waals surface area contributed by atoms with Crippen molar-refractivity contribution in [3.63, 3.8) is 0 Å². The lowest BCUT2D eigenvalue weighted by atomic mass is 10.1. The van der Waals surface area contributed by atoms with E-state index in [2.05, 4.69) is 0 Å². The van der Waals surface area contributed by atoms with Crippen LogP contribution in [0.5, 0.6) is 0 Å². The van der Waals surface area contributed by atoms with Gasteiger partial charge in [-0.15, -0.1) is 0 Å². The van der Waals surface area contributed by atoms with Crippen molar-refractivity contribution in [1.29, 1.82) is 0 Å². The lowest BCUT2D eigenvalue weighted by molar-refractivity contribution is -0.394. The maximum absolute atomic E-state index is 12.0. The van der Waals surface area contributed by atoms with Crippen molar-refractivity contribution < 1.29 is 34.4 Å². The van der Waals surface area contributed by atoms with Gasteiger partial charge in [-0.3, -0.25) is 29.8 Å². The second-order valence-electron chi connectivity index (χ2n) is 4.55. The zero-order chi connectivity index (χ0) is 18.4. The molecule has 12 nitrogen and oxygen atoms in total. The molecule has 128 valence electrons. The van der Waals surface area contributed by atoms with Gasteiger partial charge in [-0.1, -0.05) is 0 Å². The molecule has 24 heavy (non-hydrogen) atoms. The molecule has 0 fully saturated rings. The lowest BCUT2D eigenvalue weighted by Crippen LogP contribution is -2.41. The minimum atomic E-state index is -1.56. The van der Waals surface area contributed by atoms with E-state index in [-0.39, 0.29) is 0 Å². The first kappa shape index (κ1) is 18.5. The van der Waals surface area contributed by atoms with E-state index in [0.29, 0.717) is 6.07 Å². The Balaban J connectivity index is 3.08. The average Bonchev–Trinajstić information content (AvgIpc) is 2.49. The summed E-state index contributed by atoms with van der Waals surface area (Å²) >= 11 is 0. The van der Waals surface area contributed by atoms with Crippen LogP contribution in [-0.2, 0) is 9.59 Å². The van der Waals surface area contributed by atoms with Crippen LogP contribution in [0, 0.1) is 20.2 Å². The normalized spacial score (nSPS) is 11.3. The highest BCUT2D eigenvalue weighted by Gasteiger charge is 2.24. The zero-order valence-corrected chi connectivity index (χ0v) is 11.9. The fraction of sp³-hybridized carbons (Fsp3) is 0.250. The van der Waals surface area contributed by atoms with Gasteiger partial charge < -0.3 is 15.5 Å². The molecule has 1 atom stereocenters. The number of aliphatic carboxylic acids is 2. The quantitative estimate of drug-likeness (QED) is 0.447. The van der Waals surface area contributed by atoms with E-state index < -0.39 is 63.5 Å². The number of amides is 1. The van der Waals surface area contributed by atoms with Crippen LogP contribution in [0.2, 0.25) is 0 Å². The molecule has 1 unspecified atom stereocenters. The van der Waals surface area contributed by atoms with Gasteiger partial charge in [0.25, 0.3) is 17.3 Å². The van der Waals surface area contributed by atoms with Gasteiger partial charge in [-0.2, -0.15) is 0 Å². The Labute approximate surface area is 133 Å². The van der Waals surface area contributed by atoms with Gasteiger partial charge in [0.05, 0.1) is 21.5 Å². The zero-order valence-electron chi connectivity index (χ0n) is 11.9. The molecule has 0 radical (unpaired) electrons. The van der Waals surface area contributed by atoms with E-state index in [0.717, 1.165) is 12.1 Å². The molecule has 0 bridgehead atoms. The van der Waals surface area contributed by atoms with Crippen LogP contribution in [0.15, 0.2) is 18.2 Å². The summed E-state index contributed by atoms with van der Waals surface area (Å²) in [6.07, 6.45) is -0.959. The van der Waals surface area contributed by atoms with Gasteiger partial charge in [-0.05, 0) is 6.42 Å². The first-order chi connectivity index (χ1) is 11.1. The molecular weight excluding hydrogens is 330 g/mol. The van der Waals surface area contributed by atoms with E-state index >= 15 is 0 Å². The molecular formula is C12H11N3O9. The van der Waals surface area contributed by atoms with Gasteiger partial charge in [0.1, 0.15) is 6.04 Å². The SMILES string of the molecule is O=C(O)CCC(NC(=O)c1cc([N+](=O)[O-])cc([N+](=O)[O-])c1)C(=O)O. The second-order valence-corrected chi connectivity index (χ2v) is 4.55. The van der Waals surface area contributed by atoms with Crippen molar-refractivity contribution in [2.24, 2.45) is 0 Å². The van der Waals surface area contributed by atoms with Crippen molar-refractivity contribution in [3.05, 3.63) is 44.0 Å². The number of carboxylic acids is 2. The number of rotatable bonds is 8. The summed E-state index contributed by atoms with van der Waals surface area (Å²) in [6, 6.07) is 0.583. The third-order valence-corrected chi connectivity index (χ3v) is 2.84. The van der Waals surface area contributed by atoms with E-state index in [4.69, 9.17) is 10.2 Å². The van der Waals surface area contributed by atoms with Crippen molar-refractivity contribution in [1.82, 2.24) is 5.32 Å². The predicted molar refractivity (Wildman–Crippen MR) is 75.5 cm³/mol. The highest BCUT2D eigenvalue weighted by Crippen LogP contribution is 2.22. The number of benzene rings is 1. The minimum Gasteiger partial charge on any atom is -0.481 e. The van der Waals surface area contributed by atoms with Gasteiger partial charge in [0, 0.05) is 18.6 Å². The molecule has 1 rings (SSSR count). The topological polar surface area (TPSA) is 190 Å². The molecule has 0 aliphatic heterocycles. The van der Waals surface area contributed by atoms with Gasteiger partial charge in [-0.25, -0.2) is 4.79 Å². The molecule has 0 aliphatic rings. The summed E-state index contributed by atoms with van der Waals surface area (Å²) < 4.78 is 0. The van der Waals surface area contributed by atoms with Crippen molar-refractivity contribution in [2.45, 2.75) is 18.9 Å². The third-order valence-electron chi connectivity index (χ3n) is 2.84. The van der Waals surface area contributed by atoms with Crippen LogP contribution in [0.3, 0.4) is 0 Å². The Kier molecular flexibility index (Phi) is 5.87. The molecule has 0 saturated carbocycles. The van der Waals surface area contributed by atoms with Crippen molar-refractivity contribution in [2.75, 3.05) is 0 Å². The fourth-order valence-electron chi connectivity index (χ4n) is 1.70. The Bertz CT molecular complexity index is 683. The Hall–Kier alpha value is -3.57. The Morgan fingerprint density at radius 3 is 1.92 bits per heavy atom. The highest BCUT2D eigenvalue weighted by atomic mass is 16.6. The van der Waals surface area contributed by atoms with E-state index in [1.165, 1.54) is 0 Å². The summed E-state index contributed by atoms with van der Waals surface area (Å²) in [5.74, 6) is -3.90. The number of nitrogens with zero attached hydrogens (tertiary/aromatic N) is 2. The van der Waals surface area contributed by atoms with Crippen LogP contribution < -0.4 is 5.32 Å². The highest BCUT2D eigenvalue weighted by molar-refractivity contribution is 5.97. The summed E-state index contributed by atoms with van der Waals surface area (Å²) in [4.78, 5) is 53.1. The molecule has 0 aromatic heterocycles. The van der Waals surface area contributed by atoms with E-state index in [9.17, 15) is 34.6 Å². The molecule has 0 spiro atoms. The molecule has 1 amide bonds. The van der Waals surface area contributed by atoms with E-state index in [1.807, 2.05) is 5.32 Å². The number of carboxylic acid groups (broad SMARTS) is 2. The molecule has 0 saturated heterocycles. The standard InChI is InChI=1S/C12H11N3O9/c16-10(17)2-1-9(12(19)20)13-11(18)6-3-7(14(21)22)5-8(4-6)15(23)24/h3-5,9H,1-2H2,(H,13,18)(H,16,17)(H,19,20). The van der Waals surface area contributed by atoms with Gasteiger partial charge >= 0.3 is 11.9 Å². The van der Waals surface area contributed by atoms with Gasteiger partial charge in [0.2, 0.25) is 0 Å². The number of carbonyl (C=O) groups excluding carboxylic acids is 1. The van der Waals surface area contributed by atoms with Crippen LogP contribution >= 0.6 is 0 Å². The van der Waals surface area contributed by atoms with E-state index in [1.54, 1.807) is 0 Å². The molecule has 1 aromatic rings. The van der Waals surface area contributed by atoms with Crippen LogP contribution in [0.25, 0.3) is 0 Å². The second kappa shape index (κ2) is 7.62. The van der Waals surface area contributed by atoms with Crippen LogP contribution in [0.4, 0.5) is 11.4 Å². The van der Waals surface area contributed by atoms with Crippen molar-refractivity contribution in [3.8, 4) is 0 Å². The first-order valence-corrected chi connectivity index (χ1v) is 6.31. The van der Waals surface area contributed by atoms with Gasteiger partial charge in [0.15, 0.2) is 0 Å². The first-order valence-electron chi connectivity index (χ1n) is 6.31. The number of hydrogen-bond acceptors (Lipinski definition) is 7. The number of non-ortho nitro benzene ring substituents is 2. The summed E-state index contributed by atoms with van der Waals surface area (Å²) in [5, 5.41) is 41.0. The number of nitrogens with one attached hydrogen (secondary N) is 1. The molecule has 1 aromatic carbocycles. The third kappa shape index (κ3) is 5.01. The van der Waals surface area contributed by atoms with Crippen LogP contribution in [-0.4, -0.2) is 43.9 Å². The average molecular weight is 341 g/mol. The molecule has 3 N–H and O–H groups in total. The summed E-state index contributed by atoms with van der Waals surface area (Å²) in [7, 11) is 0. The largest absolute Gasteiger partial charge is 0.481 e. The van der Waals surface area contributed by atoms with Crippen molar-refractivity contribution >= 4 is 29.2 Å². The molecule has 0 aliphatic carbocycles. The monoisotopic (exact) mass is 341 g/mol. The minimum absolute atomic E-state index is 0.423. The smallest absolute Gasteiger partial charge is 0.326 e. The number of carbonyl (C=O) groups is 3. The molecule has 12 heteroatoms. The summed E-state index contributed by atoms with van der Waals surface area (Å²) in [5.41, 5.74) is -1.92. The Morgan fingerprint density at radius 2 is 1.54 bits per heavy atom. The maximum atomic E-state index is 12.0. The maximum Gasteiger partial charge on any atom is 0.326 e. The molecule has 0 heterocycles. The lowest BCUT2D eigenvalue weighted by Gasteiger charge is -2.13. The number of nitro groups is 2. The van der Waals surface area contributed by atoms with Crippen LogP contribution in [0.1, 0.15) is 23.2 Å².